The van der Waals surface area contributed by atoms with Crippen molar-refractivity contribution in [3.63, 3.8) is 0 Å². The molecule has 3 saturated heterocycles. The zero-order chi connectivity index (χ0) is 42.7. The van der Waals surface area contributed by atoms with E-state index in [2.05, 4.69) is 6.58 Å². The second-order valence-electron chi connectivity index (χ2n) is 17.3. The first-order valence-electron chi connectivity index (χ1n) is 20.9. The van der Waals surface area contributed by atoms with Crippen LogP contribution in [0.2, 0.25) is 0 Å². The third-order valence-electron chi connectivity index (χ3n) is 11.7. The van der Waals surface area contributed by atoms with Gasteiger partial charge in [-0.25, -0.2) is 14.8 Å². The molecule has 4 aromatic rings. The zero-order valence-corrected chi connectivity index (χ0v) is 35.1. The Balaban J connectivity index is 1.15. The van der Waals surface area contributed by atoms with Gasteiger partial charge in [-0.05, 0) is 74.8 Å². The van der Waals surface area contributed by atoms with Crippen LogP contribution < -0.4 is 0 Å². The number of benzene rings is 3. The number of rotatable bonds is 12. The fourth-order valence-electron chi connectivity index (χ4n) is 8.90. The van der Waals surface area contributed by atoms with E-state index in [1.54, 1.807) is 55.1 Å². The third kappa shape index (κ3) is 9.26. The van der Waals surface area contributed by atoms with Crippen LogP contribution in [0.5, 0.6) is 5.75 Å². The minimum atomic E-state index is -0.914. The fraction of sp³-hybridized carbons (Fsp3) is 0.426. The van der Waals surface area contributed by atoms with Crippen molar-refractivity contribution in [3.05, 3.63) is 114 Å². The Labute approximate surface area is 351 Å². The Morgan fingerprint density at radius 1 is 0.933 bits per heavy atom. The number of aromatic hydroxyl groups is 1. The molecule has 316 valence electrons. The maximum absolute atomic E-state index is 14.7. The summed E-state index contributed by atoms with van der Waals surface area (Å²) in [5, 5.41) is 14.2. The van der Waals surface area contributed by atoms with E-state index >= 15 is 0 Å². The number of hydrogen-bond acceptors (Lipinski definition) is 8. The number of hydrogen-bond donors (Lipinski definition) is 1. The number of Topliss-reactive ketones (excluding diaryl/α,β-unsaturated/α-hetero) is 1. The molecule has 1 aromatic heterocycles. The van der Waals surface area contributed by atoms with Gasteiger partial charge < -0.3 is 29.1 Å². The monoisotopic (exact) mass is 816 g/mol. The number of aryl methyl sites for hydroxylation is 2. The second kappa shape index (κ2) is 17.7. The molecular weight excluding hydrogens is 761 g/mol. The lowest BCUT2D eigenvalue weighted by Crippen LogP contribution is -2.75. The SMILES string of the molecule is C=CCN1CC(=O)N2[C@@H](Cc3ccc(O)cc3)C(=O)N(Cc3cccc4c(C(=O)CC5CCN(C(=O)OC(C)(C)C)CC5)cn(C)c34)C[C@@H]2N1C(=O)CCc1ccccc1. The number of ketones is 1. The lowest BCUT2D eigenvalue weighted by atomic mass is 9.89. The van der Waals surface area contributed by atoms with Crippen molar-refractivity contribution in [2.24, 2.45) is 13.0 Å². The van der Waals surface area contributed by atoms with Crippen molar-refractivity contribution in [3.8, 4) is 5.75 Å². The van der Waals surface area contributed by atoms with Crippen molar-refractivity contribution < 1.29 is 33.8 Å². The van der Waals surface area contributed by atoms with E-state index in [1.165, 1.54) is 0 Å². The molecule has 0 unspecified atom stereocenters. The Kier molecular flexibility index (Phi) is 12.5. The number of carbonyl (C=O) groups is 5. The van der Waals surface area contributed by atoms with Crippen LogP contribution in [-0.2, 0) is 45.6 Å². The van der Waals surface area contributed by atoms with E-state index in [-0.39, 0.29) is 80.3 Å². The first-order chi connectivity index (χ1) is 28.7. The van der Waals surface area contributed by atoms with E-state index in [4.69, 9.17) is 4.74 Å². The van der Waals surface area contributed by atoms with E-state index < -0.39 is 17.8 Å². The smallest absolute Gasteiger partial charge is 0.410 e. The maximum Gasteiger partial charge on any atom is 0.410 e. The van der Waals surface area contributed by atoms with Gasteiger partial charge in [-0.2, -0.15) is 0 Å². The second-order valence-corrected chi connectivity index (χ2v) is 17.3. The summed E-state index contributed by atoms with van der Waals surface area (Å²) in [4.78, 5) is 74.8. The molecule has 0 radical (unpaired) electrons. The van der Waals surface area contributed by atoms with Crippen molar-refractivity contribution in [2.75, 3.05) is 32.7 Å². The van der Waals surface area contributed by atoms with Gasteiger partial charge in [-0.3, -0.25) is 19.2 Å². The van der Waals surface area contributed by atoms with Gasteiger partial charge >= 0.3 is 6.09 Å². The number of para-hydroxylation sites is 1. The Bertz CT molecular complexity index is 2240. The largest absolute Gasteiger partial charge is 0.508 e. The number of aromatic nitrogens is 1. The highest BCUT2D eigenvalue weighted by Crippen LogP contribution is 2.33. The molecule has 0 aliphatic carbocycles. The highest BCUT2D eigenvalue weighted by Gasteiger charge is 2.51. The number of likely N-dealkylation sites (tertiary alicyclic amines) is 1. The zero-order valence-electron chi connectivity index (χ0n) is 35.1. The van der Waals surface area contributed by atoms with Crippen LogP contribution in [-0.4, -0.2) is 115 Å². The summed E-state index contributed by atoms with van der Waals surface area (Å²) in [7, 11) is 1.90. The number of piperazine rings is 1. The first-order valence-corrected chi connectivity index (χ1v) is 20.9. The number of nitrogens with zero attached hydrogens (tertiary/aromatic N) is 6. The minimum absolute atomic E-state index is 0.0276. The molecule has 0 spiro atoms. The number of amides is 4. The summed E-state index contributed by atoms with van der Waals surface area (Å²) in [6, 6.07) is 21.3. The predicted molar refractivity (Wildman–Crippen MR) is 227 cm³/mol. The van der Waals surface area contributed by atoms with E-state index in [0.717, 1.165) is 27.6 Å². The summed E-state index contributed by atoms with van der Waals surface area (Å²) in [5.41, 5.74) is 3.48. The summed E-state index contributed by atoms with van der Waals surface area (Å²) in [6.07, 6.45) is 5.11. The topological polar surface area (TPSA) is 136 Å². The summed E-state index contributed by atoms with van der Waals surface area (Å²) in [6.45, 7) is 11.0. The summed E-state index contributed by atoms with van der Waals surface area (Å²) < 4.78 is 7.49. The molecule has 4 heterocycles. The van der Waals surface area contributed by atoms with Crippen LogP contribution in [0.4, 0.5) is 4.79 Å². The molecule has 3 aliphatic heterocycles. The van der Waals surface area contributed by atoms with E-state index in [9.17, 15) is 29.1 Å². The summed E-state index contributed by atoms with van der Waals surface area (Å²) in [5.74, 6) is -0.416. The van der Waals surface area contributed by atoms with Crippen molar-refractivity contribution >= 4 is 40.5 Å². The van der Waals surface area contributed by atoms with Crippen LogP contribution in [0.15, 0.2) is 91.6 Å². The molecule has 0 saturated carbocycles. The van der Waals surface area contributed by atoms with Crippen LogP contribution >= 0.6 is 0 Å². The average Bonchev–Trinajstić information content (AvgIpc) is 3.56. The number of phenols is 1. The van der Waals surface area contributed by atoms with Crippen molar-refractivity contribution in [2.45, 2.75) is 83.6 Å². The molecule has 13 heteroatoms. The highest BCUT2D eigenvalue weighted by molar-refractivity contribution is 6.09. The molecule has 4 amide bonds. The normalized spacial score (nSPS) is 19.1. The van der Waals surface area contributed by atoms with Gasteiger partial charge in [0.25, 0.3) is 0 Å². The van der Waals surface area contributed by atoms with E-state index in [0.29, 0.717) is 44.3 Å². The number of fused-ring (bicyclic) bond motifs is 2. The Hall–Kier alpha value is -5.95. The van der Waals surface area contributed by atoms with Gasteiger partial charge in [0.15, 0.2) is 5.78 Å². The minimum Gasteiger partial charge on any atom is -0.508 e. The quantitative estimate of drug-likeness (QED) is 0.134. The maximum atomic E-state index is 14.7. The van der Waals surface area contributed by atoms with Crippen molar-refractivity contribution in [1.29, 1.82) is 0 Å². The van der Waals surface area contributed by atoms with Crippen LogP contribution in [0.25, 0.3) is 10.9 Å². The average molecular weight is 817 g/mol. The number of phenolic OH excluding ortho intramolecular Hbond substituents is 1. The molecule has 1 N–H and O–H groups in total. The van der Waals surface area contributed by atoms with Gasteiger partial charge in [-0.1, -0.05) is 66.7 Å². The van der Waals surface area contributed by atoms with Crippen LogP contribution in [0.1, 0.15) is 73.5 Å². The lowest BCUT2D eigenvalue weighted by Gasteiger charge is -2.55. The van der Waals surface area contributed by atoms with Gasteiger partial charge in [0.2, 0.25) is 17.7 Å². The standard InChI is InChI=1S/C47H56N6O7/c1-6-23-51-31-43(57)52-39(26-33-15-18-36(54)19-16-33)45(58)50(30-41(52)53(51)42(56)20-17-32-11-8-7-9-12-32)28-35-13-10-14-37-38(29-48(5)44(35)37)40(55)27-34-21-24-49(25-22-34)46(59)60-47(2,3)4/h6-16,18-19,29,34,39,41,54H,1,17,20-28,30-31H2,2-5H3/t39-,41-/m0/s1. The van der Waals surface area contributed by atoms with Gasteiger partial charge in [0, 0.05) is 69.6 Å². The molecule has 7 rings (SSSR count). The lowest BCUT2D eigenvalue weighted by molar-refractivity contribution is -0.205. The molecule has 13 nitrogen and oxygen atoms in total. The first kappa shape index (κ1) is 42.2. The number of hydrazine groups is 1. The van der Waals surface area contributed by atoms with Crippen LogP contribution in [0, 0.1) is 5.92 Å². The molecule has 60 heavy (non-hydrogen) atoms. The molecular formula is C47H56N6O7. The molecule has 3 aromatic carbocycles. The van der Waals surface area contributed by atoms with Gasteiger partial charge in [-0.15, -0.1) is 6.58 Å². The van der Waals surface area contributed by atoms with Gasteiger partial charge in [0.05, 0.1) is 18.6 Å². The molecule has 0 bridgehead atoms. The number of piperidine rings is 1. The predicted octanol–water partition coefficient (Wildman–Crippen LogP) is 6.09. The molecule has 3 fully saturated rings. The Morgan fingerprint density at radius 3 is 2.33 bits per heavy atom. The summed E-state index contributed by atoms with van der Waals surface area (Å²) >= 11 is 0. The highest BCUT2D eigenvalue weighted by atomic mass is 16.6. The number of carbonyl (C=O) groups excluding carboxylic acids is 5. The van der Waals surface area contributed by atoms with E-state index in [1.807, 2.05) is 87.1 Å². The number of ether oxygens (including phenoxy) is 1. The fourth-order valence-corrected chi connectivity index (χ4v) is 8.90. The molecule has 2 atom stereocenters. The Morgan fingerprint density at radius 2 is 1.65 bits per heavy atom. The van der Waals surface area contributed by atoms with Crippen molar-refractivity contribution in [1.82, 2.24) is 29.3 Å². The third-order valence-corrected chi connectivity index (χ3v) is 11.7. The van der Waals surface area contributed by atoms with Gasteiger partial charge in [0.1, 0.15) is 23.6 Å². The molecule has 3 aliphatic rings. The van der Waals surface area contributed by atoms with Crippen LogP contribution in [0.3, 0.4) is 0 Å².